The molecule has 4 rings (SSSR count). The Morgan fingerprint density at radius 1 is 1.17 bits per heavy atom. The Bertz CT molecular complexity index is 1130. The molecule has 0 aliphatic carbocycles. The molecule has 1 aliphatic heterocycles. The Morgan fingerprint density at radius 3 is 2.69 bits per heavy atom. The molecule has 1 aliphatic rings. The molecule has 1 atom stereocenters. The summed E-state index contributed by atoms with van der Waals surface area (Å²) in [7, 11) is 0. The highest BCUT2D eigenvalue weighted by atomic mass is 35.5. The Balaban J connectivity index is 1.67. The van der Waals surface area contributed by atoms with Crippen LogP contribution >= 0.6 is 34.8 Å². The van der Waals surface area contributed by atoms with Gasteiger partial charge in [-0.15, -0.1) is 0 Å². The SMILES string of the molecule is C[C@H]1CN(c2ccc(Cl)c(Cl)c2)C(=O)c2c(NC(=O)c3cncc(Cl)n3)cnn21. The third kappa shape index (κ3) is 3.66. The number of halogens is 3. The first-order valence-corrected chi connectivity index (χ1v) is 9.62. The van der Waals surface area contributed by atoms with E-state index < -0.39 is 5.91 Å². The monoisotopic (exact) mass is 450 g/mol. The first kappa shape index (κ1) is 19.6. The molecule has 2 aromatic heterocycles. The lowest BCUT2D eigenvalue weighted by Gasteiger charge is -2.32. The predicted molar refractivity (Wildman–Crippen MR) is 110 cm³/mol. The average Bonchev–Trinajstić information content (AvgIpc) is 3.11. The summed E-state index contributed by atoms with van der Waals surface area (Å²) in [6.07, 6.45) is 4.03. The minimum absolute atomic E-state index is 0.0232. The zero-order chi connectivity index (χ0) is 20.7. The molecule has 3 heterocycles. The maximum Gasteiger partial charge on any atom is 0.278 e. The standard InChI is InChI=1S/C18H13Cl3N6O2/c1-9-8-26(10-2-3-11(19)12(20)4-10)18(29)16-13(6-23-27(9)16)25-17(28)14-5-22-7-15(21)24-14/h2-7,9H,8H2,1H3,(H,25,28)/t9-/m0/s1. The van der Waals surface area contributed by atoms with Gasteiger partial charge in [0.1, 0.15) is 10.8 Å². The number of amides is 2. The highest BCUT2D eigenvalue weighted by molar-refractivity contribution is 6.42. The van der Waals surface area contributed by atoms with Crippen molar-refractivity contribution in [1.82, 2.24) is 19.7 Å². The summed E-state index contributed by atoms with van der Waals surface area (Å²) < 4.78 is 1.58. The molecular formula is C18H13Cl3N6O2. The van der Waals surface area contributed by atoms with Gasteiger partial charge in [0, 0.05) is 12.2 Å². The van der Waals surface area contributed by atoms with Crippen molar-refractivity contribution < 1.29 is 9.59 Å². The molecule has 0 saturated carbocycles. The second-order valence-corrected chi connectivity index (χ2v) is 7.60. The van der Waals surface area contributed by atoms with Gasteiger partial charge in [0.05, 0.1) is 40.4 Å². The molecule has 2 amide bonds. The minimum Gasteiger partial charge on any atom is -0.317 e. The molecule has 0 radical (unpaired) electrons. The number of rotatable bonds is 3. The topological polar surface area (TPSA) is 93.0 Å². The van der Waals surface area contributed by atoms with Crippen LogP contribution in [0.4, 0.5) is 11.4 Å². The Labute approximate surface area is 180 Å². The van der Waals surface area contributed by atoms with Gasteiger partial charge in [0.15, 0.2) is 5.69 Å². The van der Waals surface area contributed by atoms with Crippen molar-refractivity contribution >= 4 is 58.0 Å². The van der Waals surface area contributed by atoms with Crippen LogP contribution in [0.3, 0.4) is 0 Å². The number of nitrogens with zero attached hydrogens (tertiary/aromatic N) is 5. The van der Waals surface area contributed by atoms with Gasteiger partial charge in [-0.2, -0.15) is 5.10 Å². The van der Waals surface area contributed by atoms with Crippen LogP contribution in [-0.2, 0) is 0 Å². The molecule has 1 N–H and O–H groups in total. The number of fused-ring (bicyclic) bond motifs is 1. The van der Waals surface area contributed by atoms with Crippen LogP contribution in [0.5, 0.6) is 0 Å². The quantitative estimate of drug-likeness (QED) is 0.647. The summed E-state index contributed by atoms with van der Waals surface area (Å²) in [6.45, 7) is 2.31. The van der Waals surface area contributed by atoms with Crippen LogP contribution in [0.1, 0.15) is 33.9 Å². The highest BCUT2D eigenvalue weighted by Crippen LogP contribution is 2.33. The fourth-order valence-corrected chi connectivity index (χ4v) is 3.51. The zero-order valence-corrected chi connectivity index (χ0v) is 17.2. The van der Waals surface area contributed by atoms with Crippen LogP contribution < -0.4 is 10.2 Å². The van der Waals surface area contributed by atoms with E-state index >= 15 is 0 Å². The van der Waals surface area contributed by atoms with Crippen LogP contribution in [0.25, 0.3) is 0 Å². The lowest BCUT2D eigenvalue weighted by Crippen LogP contribution is -2.43. The summed E-state index contributed by atoms with van der Waals surface area (Å²) in [6, 6.07) is 4.84. The van der Waals surface area contributed by atoms with Gasteiger partial charge in [0.2, 0.25) is 0 Å². The van der Waals surface area contributed by atoms with E-state index in [-0.39, 0.29) is 34.2 Å². The third-order valence-electron chi connectivity index (χ3n) is 4.41. The van der Waals surface area contributed by atoms with E-state index in [2.05, 4.69) is 20.4 Å². The van der Waals surface area contributed by atoms with Crippen molar-refractivity contribution in [2.24, 2.45) is 0 Å². The van der Waals surface area contributed by atoms with Gasteiger partial charge in [-0.05, 0) is 25.1 Å². The molecule has 0 fully saturated rings. The second kappa shape index (κ2) is 7.62. The first-order chi connectivity index (χ1) is 13.8. The molecular weight excluding hydrogens is 439 g/mol. The van der Waals surface area contributed by atoms with E-state index in [0.29, 0.717) is 22.3 Å². The fraction of sp³-hybridized carbons (Fsp3) is 0.167. The largest absolute Gasteiger partial charge is 0.317 e. The fourth-order valence-electron chi connectivity index (χ4n) is 3.07. The molecule has 0 saturated heterocycles. The number of hydrogen-bond donors (Lipinski definition) is 1. The summed E-state index contributed by atoms with van der Waals surface area (Å²) in [4.78, 5) is 35.0. The maximum absolute atomic E-state index is 13.2. The number of carbonyl (C=O) groups excluding carboxylic acids is 2. The lowest BCUT2D eigenvalue weighted by molar-refractivity contribution is 0.0954. The van der Waals surface area contributed by atoms with Gasteiger partial charge >= 0.3 is 0 Å². The van der Waals surface area contributed by atoms with E-state index in [0.717, 1.165) is 0 Å². The molecule has 1 aromatic carbocycles. The number of benzene rings is 1. The predicted octanol–water partition coefficient (Wildman–Crippen LogP) is 4.11. The van der Waals surface area contributed by atoms with Crippen molar-refractivity contribution in [1.29, 1.82) is 0 Å². The van der Waals surface area contributed by atoms with E-state index in [1.807, 2.05) is 6.92 Å². The second-order valence-electron chi connectivity index (χ2n) is 6.40. The minimum atomic E-state index is -0.553. The number of nitrogens with one attached hydrogen (secondary N) is 1. The molecule has 11 heteroatoms. The summed E-state index contributed by atoms with van der Waals surface area (Å²) in [5.74, 6) is -0.880. The van der Waals surface area contributed by atoms with Crippen molar-refractivity contribution in [3.05, 3.63) is 63.4 Å². The molecule has 3 aromatic rings. The van der Waals surface area contributed by atoms with Gasteiger partial charge in [-0.25, -0.2) is 4.98 Å². The van der Waals surface area contributed by atoms with Gasteiger partial charge in [-0.3, -0.25) is 19.3 Å². The lowest BCUT2D eigenvalue weighted by atomic mass is 10.1. The normalized spacial score (nSPS) is 15.9. The molecule has 0 unspecified atom stereocenters. The van der Waals surface area contributed by atoms with Crippen molar-refractivity contribution in [3.63, 3.8) is 0 Å². The van der Waals surface area contributed by atoms with Crippen molar-refractivity contribution in [2.45, 2.75) is 13.0 Å². The van der Waals surface area contributed by atoms with E-state index in [1.165, 1.54) is 18.6 Å². The molecule has 0 bridgehead atoms. The summed E-state index contributed by atoms with van der Waals surface area (Å²) in [5.41, 5.74) is 1.13. The smallest absolute Gasteiger partial charge is 0.278 e. The van der Waals surface area contributed by atoms with Gasteiger partial charge in [0.25, 0.3) is 11.8 Å². The number of aromatic nitrogens is 4. The van der Waals surface area contributed by atoms with Gasteiger partial charge in [-0.1, -0.05) is 34.8 Å². The molecule has 8 nitrogen and oxygen atoms in total. The highest BCUT2D eigenvalue weighted by Gasteiger charge is 2.34. The molecule has 29 heavy (non-hydrogen) atoms. The van der Waals surface area contributed by atoms with E-state index in [4.69, 9.17) is 34.8 Å². The first-order valence-electron chi connectivity index (χ1n) is 8.48. The number of hydrogen-bond acceptors (Lipinski definition) is 5. The van der Waals surface area contributed by atoms with Crippen LogP contribution in [0.15, 0.2) is 36.8 Å². The average molecular weight is 452 g/mol. The molecule has 148 valence electrons. The zero-order valence-electron chi connectivity index (χ0n) is 14.9. The summed E-state index contributed by atoms with van der Waals surface area (Å²) >= 11 is 17.9. The van der Waals surface area contributed by atoms with Crippen LogP contribution in [0.2, 0.25) is 15.2 Å². The molecule has 0 spiro atoms. The van der Waals surface area contributed by atoms with Crippen LogP contribution in [0, 0.1) is 0 Å². The van der Waals surface area contributed by atoms with Crippen molar-refractivity contribution in [2.75, 3.05) is 16.8 Å². The Hall–Kier alpha value is -2.68. The summed E-state index contributed by atoms with van der Waals surface area (Å²) in [5, 5.41) is 7.75. The van der Waals surface area contributed by atoms with E-state index in [1.54, 1.807) is 27.8 Å². The third-order valence-corrected chi connectivity index (χ3v) is 5.33. The van der Waals surface area contributed by atoms with Crippen LogP contribution in [-0.4, -0.2) is 38.1 Å². The number of carbonyl (C=O) groups is 2. The van der Waals surface area contributed by atoms with E-state index in [9.17, 15) is 9.59 Å². The Morgan fingerprint density at radius 2 is 1.97 bits per heavy atom. The maximum atomic E-state index is 13.2. The Kier molecular flexibility index (Phi) is 5.16. The number of anilines is 2. The van der Waals surface area contributed by atoms with Crippen molar-refractivity contribution in [3.8, 4) is 0 Å². The van der Waals surface area contributed by atoms with Gasteiger partial charge < -0.3 is 10.2 Å².